The Kier molecular flexibility index (Phi) is 8.58. The molecule has 0 heterocycles. The van der Waals surface area contributed by atoms with Crippen LogP contribution in [-0.2, 0) is 0 Å². The molecule has 0 rings (SSSR count). The number of hydrogen-bond donors (Lipinski definition) is 0. The molecule has 0 fully saturated rings. The summed E-state index contributed by atoms with van der Waals surface area (Å²) in [7, 11) is -0.997. The van der Waals surface area contributed by atoms with Crippen molar-refractivity contribution in [2.45, 2.75) is 53.4 Å². The predicted molar refractivity (Wildman–Crippen MR) is 73.2 cm³/mol. The van der Waals surface area contributed by atoms with E-state index in [-0.39, 0.29) is 0 Å². The van der Waals surface area contributed by atoms with Crippen molar-refractivity contribution >= 4 is 7.26 Å². The van der Waals surface area contributed by atoms with Crippen LogP contribution in [0.5, 0.6) is 0 Å². The van der Waals surface area contributed by atoms with Gasteiger partial charge in [0.1, 0.15) is 0 Å². The van der Waals surface area contributed by atoms with E-state index in [1.54, 1.807) is 0 Å². The maximum atomic E-state index is 2.64. The first-order chi connectivity index (χ1) is 6.74. The fraction of sp³-hybridized carbons (Fsp3) is 0.846. The standard InChI is InChI=1S/C13H29P/c1-5-9-13-14(10-6-2,11-7-3)12-8-4/h9,13-14H,5-8,10-12H2,1-4H3/b13-9+. The van der Waals surface area contributed by atoms with Gasteiger partial charge in [-0.2, -0.15) is 0 Å². The third-order valence-corrected chi connectivity index (χ3v) is 8.38. The molecule has 0 aliphatic carbocycles. The maximum absolute atomic E-state index is 2.64. The van der Waals surface area contributed by atoms with Crippen LogP contribution in [-0.4, -0.2) is 18.5 Å². The van der Waals surface area contributed by atoms with E-state index in [0.29, 0.717) is 0 Å². The second-order valence-electron chi connectivity index (χ2n) is 4.42. The van der Waals surface area contributed by atoms with Gasteiger partial charge in [0.05, 0.1) is 0 Å². The van der Waals surface area contributed by atoms with Crippen LogP contribution in [0.15, 0.2) is 11.9 Å². The van der Waals surface area contributed by atoms with Crippen molar-refractivity contribution in [3.05, 3.63) is 11.9 Å². The van der Waals surface area contributed by atoms with Gasteiger partial charge in [0.25, 0.3) is 0 Å². The van der Waals surface area contributed by atoms with Crippen LogP contribution in [0.2, 0.25) is 0 Å². The summed E-state index contributed by atoms with van der Waals surface area (Å²) in [6.45, 7) is 9.27. The molecule has 0 nitrogen and oxygen atoms in total. The van der Waals surface area contributed by atoms with Crippen LogP contribution in [0.25, 0.3) is 0 Å². The van der Waals surface area contributed by atoms with Crippen LogP contribution in [0.4, 0.5) is 0 Å². The molecule has 1 heteroatoms. The van der Waals surface area contributed by atoms with Crippen molar-refractivity contribution in [1.29, 1.82) is 0 Å². The van der Waals surface area contributed by atoms with Crippen molar-refractivity contribution in [1.82, 2.24) is 0 Å². The van der Waals surface area contributed by atoms with E-state index in [9.17, 15) is 0 Å². The van der Waals surface area contributed by atoms with Gasteiger partial charge in [0.15, 0.2) is 0 Å². The zero-order chi connectivity index (χ0) is 10.9. The van der Waals surface area contributed by atoms with E-state index in [4.69, 9.17) is 0 Å². The van der Waals surface area contributed by atoms with Crippen LogP contribution in [0.1, 0.15) is 53.4 Å². The molecular weight excluding hydrogens is 187 g/mol. The molecule has 0 saturated heterocycles. The fourth-order valence-electron chi connectivity index (χ4n) is 2.49. The molecule has 0 N–H and O–H groups in total. The molecule has 0 aromatic carbocycles. The molecule has 86 valence electrons. The van der Waals surface area contributed by atoms with Crippen molar-refractivity contribution in [3.8, 4) is 0 Å². The van der Waals surface area contributed by atoms with Gasteiger partial charge in [-0.15, -0.1) is 0 Å². The molecule has 0 spiro atoms. The topological polar surface area (TPSA) is 0 Å². The van der Waals surface area contributed by atoms with Crippen LogP contribution in [0.3, 0.4) is 0 Å². The summed E-state index contributed by atoms with van der Waals surface area (Å²) in [5, 5.41) is 0. The Balaban J connectivity index is 4.45. The molecule has 0 radical (unpaired) electrons. The Morgan fingerprint density at radius 2 is 1.21 bits per heavy atom. The third-order valence-electron chi connectivity index (χ3n) is 2.95. The molecule has 0 aromatic heterocycles. The molecule has 0 aliphatic rings. The van der Waals surface area contributed by atoms with Gasteiger partial charge in [-0.3, -0.25) is 0 Å². The van der Waals surface area contributed by atoms with E-state index in [1.807, 2.05) is 0 Å². The molecule has 0 amide bonds. The summed E-state index contributed by atoms with van der Waals surface area (Å²) in [6.07, 6.45) is 12.3. The van der Waals surface area contributed by atoms with Crippen LogP contribution in [0, 0.1) is 0 Å². The Morgan fingerprint density at radius 1 is 0.786 bits per heavy atom. The summed E-state index contributed by atoms with van der Waals surface area (Å²) < 4.78 is 0. The molecule has 0 bridgehead atoms. The Bertz CT molecular complexity index is 132. The van der Waals surface area contributed by atoms with E-state index in [1.165, 1.54) is 44.2 Å². The third kappa shape index (κ3) is 5.15. The molecule has 0 saturated carbocycles. The molecular formula is C13H29P. The average molecular weight is 216 g/mol. The first kappa shape index (κ1) is 14.2. The number of rotatable bonds is 8. The summed E-state index contributed by atoms with van der Waals surface area (Å²) in [5.74, 6) is 2.64. The molecule has 14 heavy (non-hydrogen) atoms. The molecule has 0 aliphatic heterocycles. The minimum atomic E-state index is -0.997. The quantitative estimate of drug-likeness (QED) is 0.507. The average Bonchev–Trinajstić information content (AvgIpc) is 2.16. The van der Waals surface area contributed by atoms with E-state index in [2.05, 4.69) is 39.6 Å². The SMILES string of the molecule is CC/C=C/[PH](CCC)(CCC)CCC. The van der Waals surface area contributed by atoms with Gasteiger partial charge in [-0.1, -0.05) is 0 Å². The Labute approximate surface area is 91.5 Å². The number of hydrogen-bond acceptors (Lipinski definition) is 0. The van der Waals surface area contributed by atoms with Gasteiger partial charge in [0.2, 0.25) is 0 Å². The Hall–Kier alpha value is 0.170. The predicted octanol–water partition coefficient (Wildman–Crippen LogP) is 4.89. The van der Waals surface area contributed by atoms with Gasteiger partial charge in [0, 0.05) is 0 Å². The summed E-state index contributed by atoms with van der Waals surface area (Å²) >= 11 is 0. The summed E-state index contributed by atoms with van der Waals surface area (Å²) in [6, 6.07) is 0. The zero-order valence-corrected chi connectivity index (χ0v) is 11.6. The van der Waals surface area contributed by atoms with Gasteiger partial charge >= 0.3 is 91.0 Å². The van der Waals surface area contributed by atoms with E-state index >= 15 is 0 Å². The normalized spacial score (nSPS) is 13.7. The molecule has 0 unspecified atom stereocenters. The van der Waals surface area contributed by atoms with Crippen molar-refractivity contribution < 1.29 is 0 Å². The molecule has 0 atom stereocenters. The number of allylic oxidation sites excluding steroid dienone is 1. The van der Waals surface area contributed by atoms with Crippen molar-refractivity contribution in [2.75, 3.05) is 18.5 Å². The van der Waals surface area contributed by atoms with Crippen LogP contribution >= 0.6 is 7.26 Å². The van der Waals surface area contributed by atoms with E-state index in [0.717, 1.165) is 0 Å². The minimum absolute atomic E-state index is 0.997. The zero-order valence-electron chi connectivity index (χ0n) is 10.6. The van der Waals surface area contributed by atoms with Gasteiger partial charge in [-0.25, -0.2) is 0 Å². The van der Waals surface area contributed by atoms with Gasteiger partial charge in [-0.05, 0) is 0 Å². The monoisotopic (exact) mass is 216 g/mol. The van der Waals surface area contributed by atoms with Crippen molar-refractivity contribution in [2.24, 2.45) is 0 Å². The molecule has 0 aromatic rings. The van der Waals surface area contributed by atoms with Crippen LogP contribution < -0.4 is 0 Å². The Morgan fingerprint density at radius 3 is 1.50 bits per heavy atom. The summed E-state index contributed by atoms with van der Waals surface area (Å²) in [4.78, 5) is 0. The van der Waals surface area contributed by atoms with Crippen molar-refractivity contribution in [3.63, 3.8) is 0 Å². The second-order valence-corrected chi connectivity index (χ2v) is 8.98. The first-order valence-electron chi connectivity index (χ1n) is 6.42. The fourth-order valence-corrected chi connectivity index (χ4v) is 7.46. The van der Waals surface area contributed by atoms with Gasteiger partial charge < -0.3 is 0 Å². The first-order valence-corrected chi connectivity index (χ1v) is 9.12. The summed E-state index contributed by atoms with van der Waals surface area (Å²) in [5.41, 5.74) is 0. The van der Waals surface area contributed by atoms with E-state index < -0.39 is 7.26 Å². The second kappa shape index (κ2) is 8.48.